The first-order valence-electron chi connectivity index (χ1n) is 7.68. The lowest BCUT2D eigenvalue weighted by molar-refractivity contribution is 1.11. The molecule has 0 fully saturated rings. The second kappa shape index (κ2) is 5.38. The van der Waals surface area contributed by atoms with Crippen LogP contribution in [-0.2, 0) is 0 Å². The van der Waals surface area contributed by atoms with Crippen LogP contribution in [0.3, 0.4) is 0 Å². The van der Waals surface area contributed by atoms with Gasteiger partial charge in [-0.25, -0.2) is 9.97 Å². The van der Waals surface area contributed by atoms with Crippen molar-refractivity contribution in [2.45, 2.75) is 0 Å². The van der Waals surface area contributed by atoms with Crippen LogP contribution in [0.5, 0.6) is 0 Å². The van der Waals surface area contributed by atoms with Crippen LogP contribution in [0, 0.1) is 0 Å². The number of fused-ring (bicyclic) bond motifs is 2. The van der Waals surface area contributed by atoms with Crippen molar-refractivity contribution in [2.24, 2.45) is 0 Å². The number of aromatic amines is 2. The summed E-state index contributed by atoms with van der Waals surface area (Å²) in [7, 11) is 0. The van der Waals surface area contributed by atoms with Crippen molar-refractivity contribution in [3.05, 3.63) is 55.1 Å². The summed E-state index contributed by atoms with van der Waals surface area (Å²) >= 11 is 0. The molecule has 3 N–H and O–H groups in total. The fourth-order valence-corrected chi connectivity index (χ4v) is 2.72. The molecule has 0 amide bonds. The molecular formula is C17H12N8. The van der Waals surface area contributed by atoms with E-state index in [1.807, 2.05) is 30.3 Å². The van der Waals surface area contributed by atoms with Crippen molar-refractivity contribution in [1.82, 2.24) is 35.3 Å². The summed E-state index contributed by atoms with van der Waals surface area (Å²) in [6, 6.07) is 9.71. The van der Waals surface area contributed by atoms with Crippen LogP contribution in [0.15, 0.2) is 55.1 Å². The Morgan fingerprint density at radius 3 is 2.68 bits per heavy atom. The zero-order chi connectivity index (χ0) is 16.6. The third kappa shape index (κ3) is 2.36. The molecule has 0 aliphatic rings. The van der Waals surface area contributed by atoms with E-state index in [9.17, 15) is 0 Å². The lowest BCUT2D eigenvalue weighted by atomic mass is 10.2. The maximum Gasteiger partial charge on any atom is 0.162 e. The van der Waals surface area contributed by atoms with E-state index in [4.69, 9.17) is 0 Å². The van der Waals surface area contributed by atoms with Crippen molar-refractivity contribution in [2.75, 3.05) is 5.32 Å². The van der Waals surface area contributed by atoms with E-state index in [-0.39, 0.29) is 0 Å². The van der Waals surface area contributed by atoms with Gasteiger partial charge in [-0.1, -0.05) is 0 Å². The molecule has 4 aromatic heterocycles. The van der Waals surface area contributed by atoms with Crippen LogP contribution in [0.4, 0.5) is 11.5 Å². The van der Waals surface area contributed by atoms with Crippen LogP contribution >= 0.6 is 0 Å². The minimum absolute atomic E-state index is 0.614. The van der Waals surface area contributed by atoms with Crippen molar-refractivity contribution >= 4 is 33.4 Å². The van der Waals surface area contributed by atoms with E-state index in [2.05, 4.69) is 40.7 Å². The molecule has 8 heteroatoms. The van der Waals surface area contributed by atoms with Gasteiger partial charge in [-0.05, 0) is 30.3 Å². The number of pyridine rings is 1. The Morgan fingerprint density at radius 1 is 0.880 bits per heavy atom. The second-order valence-electron chi connectivity index (χ2n) is 5.56. The summed E-state index contributed by atoms with van der Waals surface area (Å²) in [6.45, 7) is 0. The molecule has 4 heterocycles. The van der Waals surface area contributed by atoms with Crippen LogP contribution < -0.4 is 5.32 Å². The summed E-state index contributed by atoms with van der Waals surface area (Å²) in [6.07, 6.45) is 6.91. The molecule has 0 saturated carbocycles. The van der Waals surface area contributed by atoms with E-state index in [0.717, 1.165) is 33.2 Å². The van der Waals surface area contributed by atoms with Gasteiger partial charge in [0, 0.05) is 29.0 Å². The Hall–Kier alpha value is -3.81. The number of aromatic nitrogens is 7. The number of nitrogens with one attached hydrogen (secondary N) is 3. The number of H-pyrrole nitrogens is 2. The van der Waals surface area contributed by atoms with Crippen LogP contribution in [-0.4, -0.2) is 35.3 Å². The van der Waals surface area contributed by atoms with E-state index in [1.165, 1.54) is 0 Å². The predicted octanol–water partition coefficient (Wildman–Crippen LogP) is 3.03. The Kier molecular flexibility index (Phi) is 2.93. The number of rotatable bonds is 3. The third-order valence-corrected chi connectivity index (χ3v) is 3.94. The molecule has 0 saturated heterocycles. The highest BCUT2D eigenvalue weighted by atomic mass is 15.2. The topological polar surface area (TPSA) is 108 Å². The summed E-state index contributed by atoms with van der Waals surface area (Å²) in [5.41, 5.74) is 4.28. The molecule has 8 nitrogen and oxygen atoms in total. The van der Waals surface area contributed by atoms with Gasteiger partial charge >= 0.3 is 0 Å². The van der Waals surface area contributed by atoms with Crippen molar-refractivity contribution in [1.29, 1.82) is 0 Å². The van der Waals surface area contributed by atoms with Gasteiger partial charge in [0.25, 0.3) is 0 Å². The van der Waals surface area contributed by atoms with Crippen molar-refractivity contribution < 1.29 is 0 Å². The van der Waals surface area contributed by atoms with Crippen LogP contribution in [0.1, 0.15) is 0 Å². The summed E-state index contributed by atoms with van der Waals surface area (Å²) in [5.74, 6) is 1.28. The van der Waals surface area contributed by atoms with E-state index in [0.29, 0.717) is 11.6 Å². The largest absolute Gasteiger partial charge is 0.338 e. The van der Waals surface area contributed by atoms with E-state index < -0.39 is 0 Å². The molecule has 0 unspecified atom stereocenters. The maximum atomic E-state index is 4.66. The second-order valence-corrected chi connectivity index (χ2v) is 5.56. The molecule has 1 aromatic carbocycles. The standard InChI is InChI=1S/C17H12N8/c1-2-13-11(8-19-24-13)7-12(1)21-17-15-14(9-20-25-15)22-16(23-17)10-3-5-18-6-4-10/h1-9H,(H,19,24)(H,20,25)(H,21,22,23). The normalized spacial score (nSPS) is 11.2. The SMILES string of the molecule is c1cc(-c2nc(Nc3ccc4[nH]ncc4c3)c3[nH]ncc3n2)ccn1. The van der Waals surface area contributed by atoms with Crippen molar-refractivity contribution in [3.63, 3.8) is 0 Å². The number of hydrogen-bond acceptors (Lipinski definition) is 6. The lowest BCUT2D eigenvalue weighted by Crippen LogP contribution is -1.99. The molecule has 120 valence electrons. The minimum Gasteiger partial charge on any atom is -0.338 e. The molecule has 25 heavy (non-hydrogen) atoms. The molecule has 0 atom stereocenters. The summed E-state index contributed by atoms with van der Waals surface area (Å²) < 4.78 is 0. The molecule has 0 radical (unpaired) electrons. The quantitative estimate of drug-likeness (QED) is 0.470. The Morgan fingerprint density at radius 2 is 1.76 bits per heavy atom. The highest BCUT2D eigenvalue weighted by Gasteiger charge is 2.11. The Balaban J connectivity index is 1.62. The molecular weight excluding hydrogens is 316 g/mol. The first-order chi connectivity index (χ1) is 12.4. The monoisotopic (exact) mass is 328 g/mol. The van der Waals surface area contributed by atoms with Crippen molar-refractivity contribution in [3.8, 4) is 11.4 Å². The third-order valence-electron chi connectivity index (χ3n) is 3.94. The Bertz CT molecular complexity index is 1180. The molecule has 0 bridgehead atoms. The lowest BCUT2D eigenvalue weighted by Gasteiger charge is -2.09. The van der Waals surface area contributed by atoms with Crippen LogP contribution in [0.25, 0.3) is 33.3 Å². The van der Waals surface area contributed by atoms with Gasteiger partial charge < -0.3 is 5.32 Å². The average molecular weight is 328 g/mol. The van der Waals surface area contributed by atoms with Gasteiger partial charge in [0.05, 0.1) is 17.9 Å². The number of benzene rings is 1. The maximum absolute atomic E-state index is 4.66. The number of nitrogens with zero attached hydrogens (tertiary/aromatic N) is 5. The Labute approximate surface area is 141 Å². The van der Waals surface area contributed by atoms with E-state index in [1.54, 1.807) is 24.8 Å². The van der Waals surface area contributed by atoms with Gasteiger partial charge in [-0.3, -0.25) is 15.2 Å². The van der Waals surface area contributed by atoms with Gasteiger partial charge in [-0.2, -0.15) is 10.2 Å². The summed E-state index contributed by atoms with van der Waals surface area (Å²) in [5, 5.41) is 18.4. The predicted molar refractivity (Wildman–Crippen MR) is 94.3 cm³/mol. The minimum atomic E-state index is 0.614. The van der Waals surface area contributed by atoms with Gasteiger partial charge in [0.2, 0.25) is 0 Å². The summed E-state index contributed by atoms with van der Waals surface area (Å²) in [4.78, 5) is 13.3. The first kappa shape index (κ1) is 13.6. The fraction of sp³-hybridized carbons (Fsp3) is 0. The smallest absolute Gasteiger partial charge is 0.162 e. The molecule has 0 spiro atoms. The number of hydrogen-bond donors (Lipinski definition) is 3. The van der Waals surface area contributed by atoms with Gasteiger partial charge in [-0.15, -0.1) is 0 Å². The average Bonchev–Trinajstić information content (AvgIpc) is 3.31. The molecule has 5 aromatic rings. The van der Waals surface area contributed by atoms with Gasteiger partial charge in [0.15, 0.2) is 11.6 Å². The first-order valence-corrected chi connectivity index (χ1v) is 7.68. The zero-order valence-electron chi connectivity index (χ0n) is 12.9. The fourth-order valence-electron chi connectivity index (χ4n) is 2.72. The highest BCUT2D eigenvalue weighted by Crippen LogP contribution is 2.26. The number of anilines is 2. The van der Waals surface area contributed by atoms with E-state index >= 15 is 0 Å². The van der Waals surface area contributed by atoms with Crippen LogP contribution in [0.2, 0.25) is 0 Å². The van der Waals surface area contributed by atoms with Gasteiger partial charge in [0.1, 0.15) is 11.0 Å². The zero-order valence-corrected chi connectivity index (χ0v) is 12.9. The molecule has 0 aliphatic heterocycles. The molecule has 0 aliphatic carbocycles. The molecule has 5 rings (SSSR count). The highest BCUT2D eigenvalue weighted by molar-refractivity contribution is 5.90.